The minimum Gasteiger partial charge on any atom is -0.359 e. The molecule has 0 radical (unpaired) electrons. The third-order valence-corrected chi connectivity index (χ3v) is 4.49. The summed E-state index contributed by atoms with van der Waals surface area (Å²) >= 11 is 0. The molecule has 2 heterocycles. The molecule has 2 aliphatic rings. The van der Waals surface area contributed by atoms with Crippen LogP contribution in [0.25, 0.3) is 0 Å². The summed E-state index contributed by atoms with van der Waals surface area (Å²) in [6.07, 6.45) is 1.52. The Morgan fingerprint density at radius 3 is 2.56 bits per heavy atom. The monoisotopic (exact) mass is 248 g/mol. The summed E-state index contributed by atoms with van der Waals surface area (Å²) in [5.74, 6) is 3.25. The van der Waals surface area contributed by atoms with Gasteiger partial charge in [0.25, 0.3) is 0 Å². The number of hydrogen-bond donors (Lipinski definition) is 0. The Morgan fingerprint density at radius 2 is 2.00 bits per heavy atom. The molecule has 1 saturated carbocycles. The number of hydrogen-bond acceptors (Lipinski definition) is 4. The number of carbonyl (C=O) groups excluding carboxylic acids is 1. The highest BCUT2D eigenvalue weighted by Crippen LogP contribution is 2.47. The van der Waals surface area contributed by atoms with Crippen molar-refractivity contribution in [3.8, 4) is 0 Å². The first kappa shape index (κ1) is 11.8. The van der Waals surface area contributed by atoms with E-state index in [1.165, 1.54) is 0 Å². The van der Waals surface area contributed by atoms with E-state index in [0.29, 0.717) is 17.6 Å². The van der Waals surface area contributed by atoms with Crippen LogP contribution in [0.3, 0.4) is 0 Å². The van der Waals surface area contributed by atoms with Crippen LogP contribution < -0.4 is 4.90 Å². The van der Waals surface area contributed by atoms with Crippen LogP contribution in [-0.4, -0.2) is 24.0 Å². The van der Waals surface area contributed by atoms with E-state index >= 15 is 0 Å². The summed E-state index contributed by atoms with van der Waals surface area (Å²) in [4.78, 5) is 13.3. The second-order valence-electron chi connectivity index (χ2n) is 6.37. The fraction of sp³-hybridized carbons (Fsp3) is 0.714. The normalized spacial score (nSPS) is 23.1. The SMILES string of the molecule is CC(C)C(C)c1cc(N2CC3(CC(=O)C3)C2)no1. The molecule has 1 saturated heterocycles. The Balaban J connectivity index is 1.63. The van der Waals surface area contributed by atoms with Gasteiger partial charge in [0.1, 0.15) is 11.5 Å². The highest BCUT2D eigenvalue weighted by Gasteiger charge is 2.52. The molecular weight excluding hydrogens is 228 g/mol. The van der Waals surface area contributed by atoms with Crippen LogP contribution in [0.2, 0.25) is 0 Å². The third-order valence-electron chi connectivity index (χ3n) is 4.49. The summed E-state index contributed by atoms with van der Waals surface area (Å²) in [6.45, 7) is 8.45. The Labute approximate surface area is 107 Å². The first-order chi connectivity index (χ1) is 8.49. The molecule has 1 unspecified atom stereocenters. The van der Waals surface area contributed by atoms with Crippen molar-refractivity contribution in [3.63, 3.8) is 0 Å². The average Bonchev–Trinajstić information content (AvgIpc) is 2.68. The minimum absolute atomic E-state index is 0.278. The van der Waals surface area contributed by atoms with Gasteiger partial charge in [0.05, 0.1) is 0 Å². The van der Waals surface area contributed by atoms with E-state index in [-0.39, 0.29) is 5.41 Å². The zero-order chi connectivity index (χ0) is 12.9. The minimum atomic E-state index is 0.278. The van der Waals surface area contributed by atoms with Crippen molar-refractivity contribution in [2.45, 2.75) is 39.5 Å². The van der Waals surface area contributed by atoms with Crippen molar-refractivity contribution in [3.05, 3.63) is 11.8 Å². The maximum Gasteiger partial charge on any atom is 0.172 e. The Hall–Kier alpha value is -1.32. The van der Waals surface area contributed by atoms with E-state index in [0.717, 1.165) is 37.5 Å². The van der Waals surface area contributed by atoms with E-state index in [2.05, 4.69) is 36.9 Å². The lowest BCUT2D eigenvalue weighted by atomic mass is 9.63. The van der Waals surface area contributed by atoms with Gasteiger partial charge in [0, 0.05) is 43.3 Å². The van der Waals surface area contributed by atoms with Crippen molar-refractivity contribution >= 4 is 11.6 Å². The number of carbonyl (C=O) groups is 1. The van der Waals surface area contributed by atoms with E-state index in [1.54, 1.807) is 0 Å². The van der Waals surface area contributed by atoms with Gasteiger partial charge in [0.2, 0.25) is 0 Å². The molecule has 1 aliphatic heterocycles. The topological polar surface area (TPSA) is 46.3 Å². The predicted octanol–water partition coefficient (Wildman–Crippen LogP) is 2.60. The van der Waals surface area contributed by atoms with Gasteiger partial charge in [-0.25, -0.2) is 0 Å². The average molecular weight is 248 g/mol. The first-order valence-corrected chi connectivity index (χ1v) is 6.72. The quantitative estimate of drug-likeness (QED) is 0.825. The molecule has 2 fully saturated rings. The summed E-state index contributed by atoms with van der Waals surface area (Å²) in [6, 6.07) is 2.05. The molecule has 1 atom stereocenters. The number of ketones is 1. The Kier molecular flexibility index (Phi) is 2.50. The van der Waals surface area contributed by atoms with Crippen LogP contribution >= 0.6 is 0 Å². The van der Waals surface area contributed by atoms with Crippen LogP contribution in [0.4, 0.5) is 5.82 Å². The molecular formula is C14H20N2O2. The van der Waals surface area contributed by atoms with Crippen LogP contribution in [0.15, 0.2) is 10.6 Å². The van der Waals surface area contributed by atoms with Gasteiger partial charge < -0.3 is 9.42 Å². The first-order valence-electron chi connectivity index (χ1n) is 6.72. The molecule has 0 aromatic carbocycles. The van der Waals surface area contributed by atoms with Gasteiger partial charge in [-0.05, 0) is 5.92 Å². The molecule has 1 spiro atoms. The van der Waals surface area contributed by atoms with Crippen molar-refractivity contribution < 1.29 is 9.32 Å². The standard InChI is InChI=1S/C14H20N2O2/c1-9(2)10(3)12-4-13(15-18-12)16-7-14(8-16)5-11(17)6-14/h4,9-10H,5-8H2,1-3H3. The lowest BCUT2D eigenvalue weighted by molar-refractivity contribution is -0.134. The van der Waals surface area contributed by atoms with Gasteiger partial charge >= 0.3 is 0 Å². The van der Waals surface area contributed by atoms with Crippen molar-refractivity contribution in [2.24, 2.45) is 11.3 Å². The number of anilines is 1. The van der Waals surface area contributed by atoms with Gasteiger partial charge in [-0.2, -0.15) is 0 Å². The van der Waals surface area contributed by atoms with E-state index in [4.69, 9.17) is 4.52 Å². The summed E-state index contributed by atoms with van der Waals surface area (Å²) < 4.78 is 5.43. The number of rotatable bonds is 3. The van der Waals surface area contributed by atoms with Gasteiger partial charge in [0.15, 0.2) is 5.82 Å². The molecule has 0 amide bonds. The fourth-order valence-corrected chi connectivity index (χ4v) is 2.91. The van der Waals surface area contributed by atoms with Crippen LogP contribution in [-0.2, 0) is 4.79 Å². The molecule has 1 aliphatic carbocycles. The second kappa shape index (κ2) is 3.84. The lowest BCUT2D eigenvalue weighted by Gasteiger charge is -2.54. The third kappa shape index (κ3) is 1.74. The molecule has 0 bridgehead atoms. The zero-order valence-corrected chi connectivity index (χ0v) is 11.3. The molecule has 98 valence electrons. The maximum atomic E-state index is 11.1. The number of nitrogens with zero attached hydrogens (tertiary/aromatic N) is 2. The molecule has 4 nitrogen and oxygen atoms in total. The molecule has 1 aromatic rings. The lowest BCUT2D eigenvalue weighted by Crippen LogP contribution is -2.62. The summed E-state index contributed by atoms with van der Waals surface area (Å²) in [5, 5.41) is 4.15. The molecule has 3 rings (SSSR count). The van der Waals surface area contributed by atoms with Crippen molar-refractivity contribution in [2.75, 3.05) is 18.0 Å². The van der Waals surface area contributed by atoms with Crippen LogP contribution in [0, 0.1) is 11.3 Å². The molecule has 0 N–H and O–H groups in total. The Morgan fingerprint density at radius 1 is 1.33 bits per heavy atom. The highest BCUT2D eigenvalue weighted by molar-refractivity contribution is 5.87. The van der Waals surface area contributed by atoms with Crippen molar-refractivity contribution in [1.29, 1.82) is 0 Å². The van der Waals surface area contributed by atoms with E-state index < -0.39 is 0 Å². The van der Waals surface area contributed by atoms with Crippen molar-refractivity contribution in [1.82, 2.24) is 5.16 Å². The zero-order valence-electron chi connectivity index (χ0n) is 11.3. The summed E-state index contributed by atoms with van der Waals surface area (Å²) in [5.41, 5.74) is 0.278. The van der Waals surface area contributed by atoms with Gasteiger partial charge in [-0.15, -0.1) is 0 Å². The predicted molar refractivity (Wildman–Crippen MR) is 68.6 cm³/mol. The van der Waals surface area contributed by atoms with Gasteiger partial charge in [-0.1, -0.05) is 25.9 Å². The number of aromatic nitrogens is 1. The fourth-order valence-electron chi connectivity index (χ4n) is 2.91. The van der Waals surface area contributed by atoms with Crippen LogP contribution in [0.1, 0.15) is 45.3 Å². The van der Waals surface area contributed by atoms with Crippen LogP contribution in [0.5, 0.6) is 0 Å². The van der Waals surface area contributed by atoms with E-state index in [1.807, 2.05) is 0 Å². The largest absolute Gasteiger partial charge is 0.359 e. The van der Waals surface area contributed by atoms with E-state index in [9.17, 15) is 4.79 Å². The summed E-state index contributed by atoms with van der Waals surface area (Å²) in [7, 11) is 0. The highest BCUT2D eigenvalue weighted by atomic mass is 16.5. The molecule has 4 heteroatoms. The second-order valence-corrected chi connectivity index (χ2v) is 6.37. The maximum absolute atomic E-state index is 11.1. The van der Waals surface area contributed by atoms with Gasteiger partial charge in [-0.3, -0.25) is 4.79 Å². The Bertz CT molecular complexity index is 462. The molecule has 18 heavy (non-hydrogen) atoms. The number of Topliss-reactive ketones (excluding diaryl/α,β-unsaturated/α-hetero) is 1. The molecule has 1 aromatic heterocycles. The smallest absolute Gasteiger partial charge is 0.172 e.